The van der Waals surface area contributed by atoms with Crippen molar-refractivity contribution in [3.63, 3.8) is 0 Å². The van der Waals surface area contributed by atoms with Crippen LogP contribution in [0, 0.1) is 0 Å². The smallest absolute Gasteiger partial charge is 0.255 e. The topological polar surface area (TPSA) is 81.1 Å². The van der Waals surface area contributed by atoms with Crippen molar-refractivity contribution in [1.29, 1.82) is 0 Å². The molecule has 1 unspecified atom stereocenters. The summed E-state index contributed by atoms with van der Waals surface area (Å²) < 4.78 is 7.54. The Balaban J connectivity index is 1.77. The van der Waals surface area contributed by atoms with Gasteiger partial charge in [-0.2, -0.15) is 10.1 Å². The summed E-state index contributed by atoms with van der Waals surface area (Å²) in [6, 6.07) is 14.0. The minimum absolute atomic E-state index is 0.257. The molecule has 0 radical (unpaired) electrons. The summed E-state index contributed by atoms with van der Waals surface area (Å²) in [5.74, 6) is 0.946. The Morgan fingerprint density at radius 1 is 1.30 bits per heavy atom. The number of benzene rings is 2. The van der Waals surface area contributed by atoms with Crippen LogP contribution in [0.25, 0.3) is 0 Å². The van der Waals surface area contributed by atoms with Crippen LogP contribution in [-0.4, -0.2) is 27.3 Å². The van der Waals surface area contributed by atoms with Crippen molar-refractivity contribution in [2.24, 2.45) is 0 Å². The highest BCUT2D eigenvalue weighted by atomic mass is 35.5. The van der Waals surface area contributed by atoms with Gasteiger partial charge in [0, 0.05) is 22.0 Å². The Bertz CT molecular complexity index is 1120. The van der Waals surface area contributed by atoms with E-state index in [1.807, 2.05) is 31.2 Å². The number of amides is 1. The number of nitrogens with one attached hydrogen (secondary N) is 2. The summed E-state index contributed by atoms with van der Waals surface area (Å²) in [6.07, 6.45) is 3.13. The first-order valence-electron chi connectivity index (χ1n) is 9.35. The van der Waals surface area contributed by atoms with E-state index in [-0.39, 0.29) is 5.91 Å². The lowest BCUT2D eigenvalue weighted by Crippen LogP contribution is -2.31. The fourth-order valence-corrected chi connectivity index (χ4v) is 3.52. The van der Waals surface area contributed by atoms with Gasteiger partial charge in [0.1, 0.15) is 24.7 Å². The third-order valence-electron chi connectivity index (χ3n) is 4.71. The molecule has 0 aliphatic carbocycles. The zero-order chi connectivity index (χ0) is 21.1. The number of hydrogen-bond donors (Lipinski definition) is 2. The number of carbonyl (C=O) groups is 1. The number of fused-ring (bicyclic) bond motifs is 1. The van der Waals surface area contributed by atoms with Crippen LogP contribution < -0.4 is 15.4 Å². The van der Waals surface area contributed by atoms with E-state index in [4.69, 9.17) is 16.3 Å². The number of nitrogens with zero attached hydrogens (tertiary/aromatic N) is 3. The predicted octanol–water partition coefficient (Wildman–Crippen LogP) is 4.42. The Hall–Kier alpha value is -3.58. The number of carbonyl (C=O) groups excluding carboxylic acids is 1. The number of rotatable bonds is 6. The molecule has 152 valence electrons. The van der Waals surface area contributed by atoms with Crippen molar-refractivity contribution >= 4 is 29.1 Å². The summed E-state index contributed by atoms with van der Waals surface area (Å²) in [7, 11) is 0. The second-order valence-electron chi connectivity index (χ2n) is 6.69. The van der Waals surface area contributed by atoms with E-state index >= 15 is 0 Å². The molecule has 1 aromatic heterocycles. The highest BCUT2D eigenvalue weighted by Gasteiger charge is 2.35. The van der Waals surface area contributed by atoms with Crippen LogP contribution in [-0.2, 0) is 4.79 Å². The van der Waals surface area contributed by atoms with Gasteiger partial charge in [-0.15, -0.1) is 0 Å². The van der Waals surface area contributed by atoms with E-state index in [0.29, 0.717) is 40.3 Å². The van der Waals surface area contributed by atoms with E-state index in [9.17, 15) is 4.79 Å². The van der Waals surface area contributed by atoms with Crippen LogP contribution >= 0.6 is 11.6 Å². The lowest BCUT2D eigenvalue weighted by atomic mass is 9.94. The molecular formula is C22H20ClN5O2. The normalized spacial score (nSPS) is 15.2. The average molecular weight is 422 g/mol. The van der Waals surface area contributed by atoms with Gasteiger partial charge in [-0.25, -0.2) is 4.68 Å². The summed E-state index contributed by atoms with van der Waals surface area (Å²) in [4.78, 5) is 17.6. The van der Waals surface area contributed by atoms with Crippen molar-refractivity contribution in [2.45, 2.75) is 13.0 Å². The molecule has 30 heavy (non-hydrogen) atoms. The number of hydrogen-bond acceptors (Lipinski definition) is 5. The second kappa shape index (κ2) is 8.42. The predicted molar refractivity (Wildman–Crippen MR) is 117 cm³/mol. The monoisotopic (exact) mass is 421 g/mol. The molecular weight excluding hydrogens is 402 g/mol. The number of allylic oxidation sites excluding steroid dienone is 1. The van der Waals surface area contributed by atoms with Gasteiger partial charge in [0.25, 0.3) is 5.91 Å². The number of halogens is 1. The minimum atomic E-state index is -0.517. The summed E-state index contributed by atoms with van der Waals surface area (Å²) in [6.45, 7) is 5.90. The molecule has 2 N–H and O–H groups in total. The molecule has 1 amide bonds. The molecule has 2 aromatic carbocycles. The maximum atomic E-state index is 13.3. The van der Waals surface area contributed by atoms with Gasteiger partial charge in [-0.3, -0.25) is 4.79 Å². The van der Waals surface area contributed by atoms with Crippen LogP contribution in [0.5, 0.6) is 5.75 Å². The third kappa shape index (κ3) is 3.79. The average Bonchev–Trinajstić information content (AvgIpc) is 3.21. The first kappa shape index (κ1) is 19.7. The molecule has 4 rings (SSSR count). The van der Waals surface area contributed by atoms with Gasteiger partial charge in [0.15, 0.2) is 0 Å². The Labute approximate surface area is 179 Å². The fourth-order valence-electron chi connectivity index (χ4n) is 3.39. The van der Waals surface area contributed by atoms with Crippen molar-refractivity contribution in [3.05, 3.63) is 89.4 Å². The molecule has 3 aromatic rings. The molecule has 0 bridgehead atoms. The number of anilines is 2. The minimum Gasteiger partial charge on any atom is -0.489 e. The maximum Gasteiger partial charge on any atom is 0.255 e. The summed E-state index contributed by atoms with van der Waals surface area (Å²) in [5, 5.41) is 11.1. The lowest BCUT2D eigenvalue weighted by Gasteiger charge is -2.29. The fraction of sp³-hybridized carbons (Fsp3) is 0.136. The molecule has 7 nitrogen and oxygen atoms in total. The molecule has 1 aliphatic heterocycles. The zero-order valence-corrected chi connectivity index (χ0v) is 17.1. The molecule has 1 aliphatic rings. The molecule has 2 heterocycles. The van der Waals surface area contributed by atoms with Crippen molar-refractivity contribution in [1.82, 2.24) is 14.8 Å². The highest BCUT2D eigenvalue weighted by Crippen LogP contribution is 2.39. The molecule has 8 heteroatoms. The van der Waals surface area contributed by atoms with E-state index < -0.39 is 6.04 Å². The Morgan fingerprint density at radius 3 is 2.83 bits per heavy atom. The summed E-state index contributed by atoms with van der Waals surface area (Å²) in [5.41, 5.74) is 2.64. The molecule has 0 saturated heterocycles. The van der Waals surface area contributed by atoms with Crippen LogP contribution in [0.4, 0.5) is 11.6 Å². The molecule has 1 atom stereocenters. The van der Waals surface area contributed by atoms with Gasteiger partial charge < -0.3 is 15.4 Å². The zero-order valence-electron chi connectivity index (χ0n) is 16.3. The van der Waals surface area contributed by atoms with E-state index in [0.717, 1.165) is 5.56 Å². The largest absolute Gasteiger partial charge is 0.489 e. The molecule has 0 spiro atoms. The number of ether oxygens (including phenoxy) is 1. The Morgan fingerprint density at radius 2 is 2.07 bits per heavy atom. The van der Waals surface area contributed by atoms with Crippen molar-refractivity contribution in [3.8, 4) is 5.75 Å². The van der Waals surface area contributed by atoms with Crippen molar-refractivity contribution < 1.29 is 9.53 Å². The second-order valence-corrected chi connectivity index (χ2v) is 7.13. The van der Waals surface area contributed by atoms with Crippen LogP contribution in [0.2, 0.25) is 5.02 Å². The first-order chi connectivity index (χ1) is 14.6. The summed E-state index contributed by atoms with van der Waals surface area (Å²) >= 11 is 5.95. The standard InChI is InChI=1S/C22H20ClN5O2/c1-3-12-30-18-7-5-4-6-17(18)20-19(14(2)26-22-24-13-25-28(20)22)21(29)27-16-10-8-15(23)9-11-16/h3-11,13,20H,1,12H2,2H3,(H,27,29)(H,24,25,26). The quantitative estimate of drug-likeness (QED) is 0.575. The van der Waals surface area contributed by atoms with E-state index in [1.165, 1.54) is 6.33 Å². The van der Waals surface area contributed by atoms with E-state index in [2.05, 4.69) is 27.3 Å². The molecule has 0 saturated carbocycles. The third-order valence-corrected chi connectivity index (χ3v) is 4.96. The van der Waals surface area contributed by atoms with Gasteiger partial charge >= 0.3 is 0 Å². The van der Waals surface area contributed by atoms with Crippen LogP contribution in [0.3, 0.4) is 0 Å². The van der Waals surface area contributed by atoms with Gasteiger partial charge in [0.05, 0.1) is 5.57 Å². The number of para-hydroxylation sites is 1. The van der Waals surface area contributed by atoms with Crippen LogP contribution in [0.1, 0.15) is 18.5 Å². The first-order valence-corrected chi connectivity index (χ1v) is 9.73. The number of aromatic nitrogens is 3. The van der Waals surface area contributed by atoms with Gasteiger partial charge in [-0.1, -0.05) is 42.5 Å². The SMILES string of the molecule is C=CCOc1ccccc1C1C(C(=O)Nc2ccc(Cl)cc2)=C(C)Nc2ncnn21. The highest BCUT2D eigenvalue weighted by molar-refractivity contribution is 6.30. The lowest BCUT2D eigenvalue weighted by molar-refractivity contribution is -0.113. The van der Waals surface area contributed by atoms with Gasteiger partial charge in [0.2, 0.25) is 5.95 Å². The maximum absolute atomic E-state index is 13.3. The van der Waals surface area contributed by atoms with E-state index in [1.54, 1.807) is 35.0 Å². The van der Waals surface area contributed by atoms with Gasteiger partial charge in [-0.05, 0) is 37.3 Å². The van der Waals surface area contributed by atoms with Crippen LogP contribution in [0.15, 0.2) is 78.8 Å². The van der Waals surface area contributed by atoms with Crippen molar-refractivity contribution in [2.75, 3.05) is 17.2 Å². The Kier molecular flexibility index (Phi) is 5.54. The molecule has 0 fully saturated rings.